The molecule has 1 heterocycles. The molecule has 18 heavy (non-hydrogen) atoms. The van der Waals surface area contributed by atoms with E-state index in [-0.39, 0.29) is 6.04 Å². The summed E-state index contributed by atoms with van der Waals surface area (Å²) < 4.78 is 5.56. The number of ether oxygens (including phenoxy) is 1. The molecule has 2 nitrogen and oxygen atoms in total. The van der Waals surface area contributed by atoms with E-state index in [4.69, 9.17) is 10.5 Å². The van der Waals surface area contributed by atoms with E-state index in [1.807, 2.05) is 0 Å². The van der Waals surface area contributed by atoms with Crippen LogP contribution in [0.2, 0.25) is 0 Å². The first-order valence-corrected chi connectivity index (χ1v) is 7.29. The second-order valence-electron chi connectivity index (χ2n) is 5.74. The highest BCUT2D eigenvalue weighted by Crippen LogP contribution is 2.30. The molecule has 98 valence electrons. The number of nitrogens with two attached hydrogens (primary N) is 1. The van der Waals surface area contributed by atoms with Crippen molar-refractivity contribution >= 4 is 0 Å². The SMILES string of the molecule is NC(c1ccc2c(c1)CCCC2)C1CCCOC1. The Balaban J connectivity index is 1.78. The van der Waals surface area contributed by atoms with Crippen LogP contribution < -0.4 is 5.73 Å². The van der Waals surface area contributed by atoms with Crippen LogP contribution in [0.25, 0.3) is 0 Å². The fraction of sp³-hybridized carbons (Fsp3) is 0.625. The lowest BCUT2D eigenvalue weighted by Gasteiger charge is -2.28. The summed E-state index contributed by atoms with van der Waals surface area (Å²) in [4.78, 5) is 0. The van der Waals surface area contributed by atoms with Gasteiger partial charge in [-0.3, -0.25) is 0 Å². The summed E-state index contributed by atoms with van der Waals surface area (Å²) in [7, 11) is 0. The largest absolute Gasteiger partial charge is 0.381 e. The van der Waals surface area contributed by atoms with Crippen molar-refractivity contribution in [2.24, 2.45) is 11.7 Å². The number of aryl methyl sites for hydroxylation is 2. The Hall–Kier alpha value is -0.860. The van der Waals surface area contributed by atoms with Gasteiger partial charge in [-0.25, -0.2) is 0 Å². The molecule has 0 amide bonds. The van der Waals surface area contributed by atoms with Gasteiger partial charge in [0.1, 0.15) is 0 Å². The van der Waals surface area contributed by atoms with Gasteiger partial charge < -0.3 is 10.5 Å². The summed E-state index contributed by atoms with van der Waals surface area (Å²) in [6.45, 7) is 1.74. The summed E-state index contributed by atoms with van der Waals surface area (Å²) in [6, 6.07) is 7.04. The van der Waals surface area contributed by atoms with Crippen molar-refractivity contribution in [1.82, 2.24) is 0 Å². The van der Waals surface area contributed by atoms with E-state index >= 15 is 0 Å². The molecule has 0 radical (unpaired) electrons. The summed E-state index contributed by atoms with van der Waals surface area (Å²) in [5.74, 6) is 0.500. The van der Waals surface area contributed by atoms with Gasteiger partial charge in [0, 0.05) is 18.6 Å². The molecule has 0 saturated carbocycles. The molecule has 1 aromatic carbocycles. The fourth-order valence-corrected chi connectivity index (χ4v) is 3.28. The van der Waals surface area contributed by atoms with E-state index in [1.54, 1.807) is 0 Å². The minimum atomic E-state index is 0.150. The minimum Gasteiger partial charge on any atom is -0.381 e. The molecule has 1 fully saturated rings. The Morgan fingerprint density at radius 1 is 1.11 bits per heavy atom. The van der Waals surface area contributed by atoms with Crippen LogP contribution in [0.15, 0.2) is 18.2 Å². The maximum Gasteiger partial charge on any atom is 0.0512 e. The third-order valence-electron chi connectivity index (χ3n) is 4.46. The fourth-order valence-electron chi connectivity index (χ4n) is 3.28. The van der Waals surface area contributed by atoms with Crippen molar-refractivity contribution < 1.29 is 4.74 Å². The van der Waals surface area contributed by atoms with Crippen LogP contribution in [0.3, 0.4) is 0 Å². The van der Waals surface area contributed by atoms with Crippen LogP contribution in [-0.2, 0) is 17.6 Å². The Morgan fingerprint density at radius 3 is 2.72 bits per heavy atom. The minimum absolute atomic E-state index is 0.150. The molecule has 2 atom stereocenters. The van der Waals surface area contributed by atoms with Crippen LogP contribution >= 0.6 is 0 Å². The van der Waals surface area contributed by atoms with Gasteiger partial charge in [-0.15, -0.1) is 0 Å². The lowest BCUT2D eigenvalue weighted by atomic mass is 9.85. The predicted molar refractivity (Wildman–Crippen MR) is 73.6 cm³/mol. The number of benzene rings is 1. The Kier molecular flexibility index (Phi) is 3.67. The predicted octanol–water partition coefficient (Wildman–Crippen LogP) is 2.99. The molecule has 1 aliphatic carbocycles. The quantitative estimate of drug-likeness (QED) is 0.869. The van der Waals surface area contributed by atoms with Gasteiger partial charge in [-0.2, -0.15) is 0 Å². The smallest absolute Gasteiger partial charge is 0.0512 e. The van der Waals surface area contributed by atoms with Crippen molar-refractivity contribution in [3.05, 3.63) is 34.9 Å². The maximum atomic E-state index is 6.42. The molecule has 0 aromatic heterocycles. The third-order valence-corrected chi connectivity index (χ3v) is 4.46. The average Bonchev–Trinajstić information content (AvgIpc) is 2.47. The molecule has 1 aromatic rings. The molecule has 1 aliphatic heterocycles. The molecular formula is C16H23NO. The zero-order chi connectivity index (χ0) is 12.4. The highest BCUT2D eigenvalue weighted by molar-refractivity contribution is 5.35. The van der Waals surface area contributed by atoms with Gasteiger partial charge in [0.15, 0.2) is 0 Å². The van der Waals surface area contributed by atoms with Crippen molar-refractivity contribution in [1.29, 1.82) is 0 Å². The van der Waals surface area contributed by atoms with Crippen LogP contribution in [0, 0.1) is 5.92 Å². The monoisotopic (exact) mass is 245 g/mol. The first-order valence-electron chi connectivity index (χ1n) is 7.29. The Labute approximate surface area is 110 Å². The lowest BCUT2D eigenvalue weighted by molar-refractivity contribution is 0.0447. The molecule has 0 spiro atoms. The zero-order valence-corrected chi connectivity index (χ0v) is 11.0. The molecule has 2 aliphatic rings. The number of hydrogen-bond donors (Lipinski definition) is 1. The molecule has 2 heteroatoms. The van der Waals surface area contributed by atoms with E-state index in [0.717, 1.165) is 19.6 Å². The van der Waals surface area contributed by atoms with Gasteiger partial charge in [0.25, 0.3) is 0 Å². The molecule has 2 N–H and O–H groups in total. The molecule has 0 bridgehead atoms. The van der Waals surface area contributed by atoms with Crippen molar-refractivity contribution in [2.75, 3.05) is 13.2 Å². The highest BCUT2D eigenvalue weighted by Gasteiger charge is 2.23. The normalized spacial score (nSPS) is 25.5. The van der Waals surface area contributed by atoms with Crippen LogP contribution in [0.5, 0.6) is 0 Å². The van der Waals surface area contributed by atoms with Gasteiger partial charge >= 0.3 is 0 Å². The first-order chi connectivity index (χ1) is 8.84. The second kappa shape index (κ2) is 5.41. The standard InChI is InChI=1S/C16H23NO/c17-16(15-6-3-9-18-11-15)14-8-7-12-4-1-2-5-13(12)10-14/h7-8,10,15-16H,1-6,9,11,17H2. The van der Waals surface area contributed by atoms with Gasteiger partial charge in [0.05, 0.1) is 6.61 Å². The summed E-state index contributed by atoms with van der Waals surface area (Å²) in [5.41, 5.74) is 10.8. The van der Waals surface area contributed by atoms with E-state index < -0.39 is 0 Å². The first kappa shape index (κ1) is 12.2. The maximum absolute atomic E-state index is 6.42. The number of hydrogen-bond acceptors (Lipinski definition) is 2. The van der Waals surface area contributed by atoms with Crippen molar-refractivity contribution in [3.63, 3.8) is 0 Å². The van der Waals surface area contributed by atoms with Crippen LogP contribution in [0.1, 0.15) is 48.4 Å². The lowest BCUT2D eigenvalue weighted by Crippen LogP contribution is -2.29. The molecule has 3 rings (SSSR count). The van der Waals surface area contributed by atoms with Crippen molar-refractivity contribution in [2.45, 2.75) is 44.6 Å². The molecule has 1 saturated heterocycles. The highest BCUT2D eigenvalue weighted by atomic mass is 16.5. The van der Waals surface area contributed by atoms with Crippen LogP contribution in [0.4, 0.5) is 0 Å². The summed E-state index contributed by atoms with van der Waals surface area (Å²) in [5, 5.41) is 0. The van der Waals surface area contributed by atoms with Crippen molar-refractivity contribution in [3.8, 4) is 0 Å². The molecular weight excluding hydrogens is 222 g/mol. The Morgan fingerprint density at radius 2 is 1.94 bits per heavy atom. The average molecular weight is 245 g/mol. The Bertz CT molecular complexity index is 410. The zero-order valence-electron chi connectivity index (χ0n) is 11.0. The van der Waals surface area contributed by atoms with Gasteiger partial charge in [0.2, 0.25) is 0 Å². The summed E-state index contributed by atoms with van der Waals surface area (Å²) in [6.07, 6.45) is 7.52. The van der Waals surface area contributed by atoms with Gasteiger partial charge in [-0.05, 0) is 55.2 Å². The second-order valence-corrected chi connectivity index (χ2v) is 5.74. The van der Waals surface area contributed by atoms with E-state index in [1.165, 1.54) is 48.8 Å². The third kappa shape index (κ3) is 2.45. The summed E-state index contributed by atoms with van der Waals surface area (Å²) >= 11 is 0. The van der Waals surface area contributed by atoms with E-state index in [9.17, 15) is 0 Å². The number of fused-ring (bicyclic) bond motifs is 1. The van der Waals surface area contributed by atoms with Crippen LogP contribution in [-0.4, -0.2) is 13.2 Å². The van der Waals surface area contributed by atoms with E-state index in [2.05, 4.69) is 18.2 Å². The number of rotatable bonds is 2. The van der Waals surface area contributed by atoms with E-state index in [0.29, 0.717) is 5.92 Å². The molecule has 2 unspecified atom stereocenters. The topological polar surface area (TPSA) is 35.2 Å². The van der Waals surface area contributed by atoms with Gasteiger partial charge in [-0.1, -0.05) is 18.2 Å².